The molecule has 1 N–H and O–H groups in total. The zero-order valence-corrected chi connectivity index (χ0v) is 8.10. The molecule has 1 heterocycles. The van der Waals surface area contributed by atoms with Gasteiger partial charge in [-0.3, -0.25) is 9.69 Å². The molecule has 0 bridgehead atoms. The molecular formula is C7H11N3OS. The van der Waals surface area contributed by atoms with Gasteiger partial charge < -0.3 is 10.2 Å². The van der Waals surface area contributed by atoms with Crippen molar-refractivity contribution in [2.75, 3.05) is 21.1 Å². The van der Waals surface area contributed by atoms with Crippen LogP contribution >= 0.6 is 12.2 Å². The fourth-order valence-corrected chi connectivity index (χ4v) is 1.06. The van der Waals surface area contributed by atoms with Crippen molar-refractivity contribution >= 4 is 23.2 Å². The monoisotopic (exact) mass is 185 g/mol. The van der Waals surface area contributed by atoms with Crippen molar-refractivity contribution in [2.24, 2.45) is 0 Å². The Morgan fingerprint density at radius 3 is 2.50 bits per heavy atom. The molecule has 66 valence electrons. The van der Waals surface area contributed by atoms with Gasteiger partial charge in [0, 0.05) is 27.3 Å². The van der Waals surface area contributed by atoms with E-state index in [9.17, 15) is 4.79 Å². The maximum Gasteiger partial charge on any atom is 0.277 e. The number of nitrogens with zero attached hydrogens (tertiary/aromatic N) is 2. The van der Waals surface area contributed by atoms with Gasteiger partial charge in [0.1, 0.15) is 5.70 Å². The standard InChI is InChI=1S/C7H11N3OS/c1-9(2)4-5-6(11)10(3)7(12)8-5/h4H,1-3H3,(H,8,12)/b5-4-. The molecule has 0 aromatic rings. The summed E-state index contributed by atoms with van der Waals surface area (Å²) in [4.78, 5) is 14.5. The van der Waals surface area contributed by atoms with Gasteiger partial charge in [0.15, 0.2) is 5.11 Å². The van der Waals surface area contributed by atoms with Gasteiger partial charge in [0.25, 0.3) is 5.91 Å². The average molecular weight is 185 g/mol. The molecule has 1 aliphatic rings. The Hall–Kier alpha value is -1.10. The molecule has 1 fully saturated rings. The largest absolute Gasteiger partial charge is 0.382 e. The van der Waals surface area contributed by atoms with Crippen LogP contribution in [-0.2, 0) is 4.79 Å². The predicted molar refractivity (Wildman–Crippen MR) is 50.3 cm³/mol. The highest BCUT2D eigenvalue weighted by Gasteiger charge is 2.26. The Kier molecular flexibility index (Phi) is 2.32. The fourth-order valence-electron chi connectivity index (χ4n) is 0.871. The number of hydrogen-bond acceptors (Lipinski definition) is 3. The van der Waals surface area contributed by atoms with Gasteiger partial charge in [0.05, 0.1) is 0 Å². The lowest BCUT2D eigenvalue weighted by molar-refractivity contribution is -0.121. The summed E-state index contributed by atoms with van der Waals surface area (Å²) in [6.07, 6.45) is 1.71. The Morgan fingerprint density at radius 2 is 2.17 bits per heavy atom. The highest BCUT2D eigenvalue weighted by molar-refractivity contribution is 7.80. The van der Waals surface area contributed by atoms with Crippen LogP contribution in [0.2, 0.25) is 0 Å². The van der Waals surface area contributed by atoms with E-state index in [4.69, 9.17) is 12.2 Å². The van der Waals surface area contributed by atoms with Crippen molar-refractivity contribution in [3.05, 3.63) is 11.9 Å². The quantitative estimate of drug-likeness (QED) is 0.451. The minimum absolute atomic E-state index is 0.0892. The van der Waals surface area contributed by atoms with Gasteiger partial charge in [-0.05, 0) is 12.2 Å². The molecule has 0 saturated carbocycles. The molecule has 0 spiro atoms. The highest BCUT2D eigenvalue weighted by atomic mass is 32.1. The molecule has 0 aromatic heterocycles. The van der Waals surface area contributed by atoms with Crippen LogP contribution in [0.5, 0.6) is 0 Å². The molecule has 1 amide bonds. The number of likely N-dealkylation sites (N-methyl/N-ethyl adjacent to an activating group) is 1. The van der Waals surface area contributed by atoms with E-state index in [1.807, 2.05) is 14.1 Å². The topological polar surface area (TPSA) is 35.6 Å². The Bertz CT molecular complexity index is 259. The second kappa shape index (κ2) is 3.10. The maximum absolute atomic E-state index is 11.3. The number of amides is 1. The predicted octanol–water partition coefficient (Wildman–Crippen LogP) is -0.264. The van der Waals surface area contributed by atoms with E-state index in [1.54, 1.807) is 18.1 Å². The maximum atomic E-state index is 11.3. The summed E-state index contributed by atoms with van der Waals surface area (Å²) >= 11 is 4.88. The lowest BCUT2D eigenvalue weighted by Crippen LogP contribution is -2.25. The van der Waals surface area contributed by atoms with Crippen LogP contribution in [0.3, 0.4) is 0 Å². The fraction of sp³-hybridized carbons (Fsp3) is 0.429. The van der Waals surface area contributed by atoms with Crippen molar-refractivity contribution < 1.29 is 4.79 Å². The van der Waals surface area contributed by atoms with Crippen LogP contribution in [-0.4, -0.2) is 42.0 Å². The van der Waals surface area contributed by atoms with Crippen LogP contribution in [0.15, 0.2) is 11.9 Å². The summed E-state index contributed by atoms with van der Waals surface area (Å²) in [5, 5.41) is 3.26. The lowest BCUT2D eigenvalue weighted by Gasteiger charge is -2.05. The molecule has 0 atom stereocenters. The van der Waals surface area contributed by atoms with E-state index in [0.717, 1.165) is 0 Å². The summed E-state index contributed by atoms with van der Waals surface area (Å²) in [7, 11) is 5.35. The van der Waals surface area contributed by atoms with E-state index in [2.05, 4.69) is 5.32 Å². The molecule has 0 aromatic carbocycles. The van der Waals surface area contributed by atoms with Gasteiger partial charge in [-0.25, -0.2) is 0 Å². The van der Waals surface area contributed by atoms with Crippen LogP contribution < -0.4 is 5.32 Å². The van der Waals surface area contributed by atoms with Gasteiger partial charge >= 0.3 is 0 Å². The van der Waals surface area contributed by atoms with Crippen LogP contribution in [0.4, 0.5) is 0 Å². The molecule has 0 unspecified atom stereocenters. The minimum atomic E-state index is -0.0892. The normalized spacial score (nSPS) is 20.2. The SMILES string of the molecule is CN(C)/C=C1\NC(=S)N(C)C1=O. The molecule has 1 saturated heterocycles. The summed E-state index contributed by atoms with van der Waals surface area (Å²) in [5.74, 6) is -0.0892. The van der Waals surface area contributed by atoms with Gasteiger partial charge in [-0.2, -0.15) is 0 Å². The second-order valence-electron chi connectivity index (χ2n) is 2.80. The number of carbonyl (C=O) groups is 1. The van der Waals surface area contributed by atoms with E-state index >= 15 is 0 Å². The van der Waals surface area contributed by atoms with Crippen LogP contribution in [0.1, 0.15) is 0 Å². The van der Waals surface area contributed by atoms with E-state index < -0.39 is 0 Å². The van der Waals surface area contributed by atoms with Crippen LogP contribution in [0, 0.1) is 0 Å². The van der Waals surface area contributed by atoms with Crippen molar-refractivity contribution in [2.45, 2.75) is 0 Å². The second-order valence-corrected chi connectivity index (χ2v) is 3.19. The summed E-state index contributed by atoms with van der Waals surface area (Å²) in [6.45, 7) is 0. The molecule has 0 aliphatic carbocycles. The zero-order chi connectivity index (χ0) is 9.30. The number of thiocarbonyl (C=S) groups is 1. The summed E-state index contributed by atoms with van der Waals surface area (Å²) in [6, 6.07) is 0. The van der Waals surface area contributed by atoms with Crippen molar-refractivity contribution in [3.63, 3.8) is 0 Å². The average Bonchev–Trinajstić information content (AvgIpc) is 2.17. The third-order valence-corrected chi connectivity index (χ3v) is 1.84. The Labute approximate surface area is 76.8 Å². The van der Waals surface area contributed by atoms with E-state index in [0.29, 0.717) is 10.8 Å². The van der Waals surface area contributed by atoms with E-state index in [-0.39, 0.29) is 5.91 Å². The molecule has 1 rings (SSSR count). The molecule has 12 heavy (non-hydrogen) atoms. The van der Waals surface area contributed by atoms with E-state index in [1.165, 1.54) is 4.90 Å². The molecule has 0 radical (unpaired) electrons. The lowest BCUT2D eigenvalue weighted by atomic mass is 10.4. The van der Waals surface area contributed by atoms with Gasteiger partial charge in [0.2, 0.25) is 0 Å². The Balaban J connectivity index is 2.85. The third-order valence-electron chi connectivity index (χ3n) is 1.47. The number of rotatable bonds is 1. The van der Waals surface area contributed by atoms with Crippen molar-refractivity contribution in [1.29, 1.82) is 0 Å². The molecule has 1 aliphatic heterocycles. The smallest absolute Gasteiger partial charge is 0.277 e. The summed E-state index contributed by atoms with van der Waals surface area (Å²) in [5.41, 5.74) is 0.521. The Morgan fingerprint density at radius 1 is 1.58 bits per heavy atom. The summed E-state index contributed by atoms with van der Waals surface area (Å²) < 4.78 is 0. The zero-order valence-electron chi connectivity index (χ0n) is 7.29. The van der Waals surface area contributed by atoms with Crippen molar-refractivity contribution in [3.8, 4) is 0 Å². The minimum Gasteiger partial charge on any atom is -0.382 e. The molecule has 4 nitrogen and oxygen atoms in total. The molecular weight excluding hydrogens is 174 g/mol. The van der Waals surface area contributed by atoms with Crippen LogP contribution in [0.25, 0.3) is 0 Å². The van der Waals surface area contributed by atoms with Gasteiger partial charge in [-0.15, -0.1) is 0 Å². The first-order chi connectivity index (χ1) is 5.52. The first-order valence-electron chi connectivity index (χ1n) is 3.49. The highest BCUT2D eigenvalue weighted by Crippen LogP contribution is 2.06. The number of nitrogens with one attached hydrogen (secondary N) is 1. The number of carbonyl (C=O) groups excluding carboxylic acids is 1. The van der Waals surface area contributed by atoms with Crippen molar-refractivity contribution in [1.82, 2.24) is 15.1 Å². The first kappa shape index (κ1) is 8.99. The molecule has 5 heteroatoms. The van der Waals surface area contributed by atoms with Gasteiger partial charge in [-0.1, -0.05) is 0 Å². The number of hydrogen-bond donors (Lipinski definition) is 1. The first-order valence-corrected chi connectivity index (χ1v) is 3.90. The third kappa shape index (κ3) is 1.55.